The van der Waals surface area contributed by atoms with Crippen LogP contribution in [0.2, 0.25) is 0 Å². The number of hydrogen-bond donors (Lipinski definition) is 0. The number of anilines is 1. The number of hydrogen-bond acceptors (Lipinski definition) is 6. The monoisotopic (exact) mass is 412 g/mol. The van der Waals surface area contributed by atoms with Crippen LogP contribution in [0.3, 0.4) is 0 Å². The molecule has 0 spiro atoms. The fraction of sp³-hybridized carbons (Fsp3) is 0.238. The third-order valence-electron chi connectivity index (χ3n) is 4.75. The summed E-state index contributed by atoms with van der Waals surface area (Å²) < 4.78 is 25.7. The van der Waals surface area contributed by atoms with E-state index in [2.05, 4.69) is 21.9 Å². The number of rotatable bonds is 6. The minimum absolute atomic E-state index is 0.262. The normalized spacial score (nSPS) is 11.1. The van der Waals surface area contributed by atoms with E-state index in [1.165, 1.54) is 23.5 Å². The minimum atomic E-state index is -0.262. The summed E-state index contributed by atoms with van der Waals surface area (Å²) in [4.78, 5) is 7.49. The van der Waals surface area contributed by atoms with Crippen molar-refractivity contribution in [2.24, 2.45) is 0 Å². The highest BCUT2D eigenvalue weighted by atomic mass is 32.1. The Kier molecular flexibility index (Phi) is 5.10. The molecule has 29 heavy (non-hydrogen) atoms. The quantitative estimate of drug-likeness (QED) is 0.465. The topological polar surface area (TPSA) is 51.9 Å². The molecule has 2 aromatic carbocycles. The van der Waals surface area contributed by atoms with Crippen LogP contribution in [0.25, 0.3) is 16.2 Å². The second kappa shape index (κ2) is 7.71. The smallest absolute Gasteiger partial charge is 0.214 e. The Bertz CT molecular complexity index is 1120. The van der Waals surface area contributed by atoms with Gasteiger partial charge < -0.3 is 14.4 Å². The van der Waals surface area contributed by atoms with Gasteiger partial charge in [0.05, 0.1) is 26.1 Å². The third kappa shape index (κ3) is 3.75. The Morgan fingerprint density at radius 1 is 1.10 bits per heavy atom. The van der Waals surface area contributed by atoms with E-state index in [0.717, 1.165) is 38.2 Å². The Balaban J connectivity index is 1.57. The van der Waals surface area contributed by atoms with E-state index in [1.54, 1.807) is 30.9 Å². The molecule has 0 aliphatic rings. The van der Waals surface area contributed by atoms with E-state index in [-0.39, 0.29) is 5.82 Å². The number of aryl methyl sites for hydroxylation is 1. The molecule has 0 fully saturated rings. The van der Waals surface area contributed by atoms with E-state index in [9.17, 15) is 4.39 Å². The molecule has 0 aliphatic heterocycles. The lowest BCUT2D eigenvalue weighted by Crippen LogP contribution is -2.17. The number of aromatic nitrogens is 3. The first kappa shape index (κ1) is 19.2. The Morgan fingerprint density at radius 3 is 2.45 bits per heavy atom. The van der Waals surface area contributed by atoms with Gasteiger partial charge in [0.25, 0.3) is 0 Å². The molecule has 4 aromatic rings. The molecule has 0 amide bonds. The Hall–Kier alpha value is -3.13. The lowest BCUT2D eigenvalue weighted by atomic mass is 10.1. The molecule has 4 rings (SSSR count). The summed E-state index contributed by atoms with van der Waals surface area (Å²) in [6.07, 6.45) is 1.86. The number of nitrogens with zero attached hydrogens (tertiary/aromatic N) is 4. The Labute approximate surface area is 172 Å². The largest absolute Gasteiger partial charge is 0.493 e. The molecule has 0 aliphatic carbocycles. The van der Waals surface area contributed by atoms with E-state index < -0.39 is 0 Å². The van der Waals surface area contributed by atoms with Gasteiger partial charge >= 0.3 is 0 Å². The summed E-state index contributed by atoms with van der Waals surface area (Å²) in [7, 11) is 5.26. The van der Waals surface area contributed by atoms with E-state index >= 15 is 0 Å². The van der Waals surface area contributed by atoms with Crippen molar-refractivity contribution in [1.29, 1.82) is 0 Å². The van der Waals surface area contributed by atoms with Gasteiger partial charge in [0.15, 0.2) is 11.5 Å². The van der Waals surface area contributed by atoms with Gasteiger partial charge in [-0.1, -0.05) is 11.3 Å². The second-order valence-corrected chi connectivity index (χ2v) is 7.67. The number of fused-ring (bicyclic) bond motifs is 1. The Morgan fingerprint density at radius 2 is 1.79 bits per heavy atom. The first-order valence-electron chi connectivity index (χ1n) is 9.03. The van der Waals surface area contributed by atoms with Crippen LogP contribution in [-0.4, -0.2) is 35.9 Å². The maximum Gasteiger partial charge on any atom is 0.214 e. The molecule has 0 unspecified atom stereocenters. The third-order valence-corrected chi connectivity index (χ3v) is 5.79. The highest BCUT2D eigenvalue weighted by Crippen LogP contribution is 2.32. The lowest BCUT2D eigenvalue weighted by Gasteiger charge is -2.18. The summed E-state index contributed by atoms with van der Waals surface area (Å²) in [5, 5.41) is 5.50. The maximum absolute atomic E-state index is 13.1. The SMILES string of the molecule is COc1cc(C)c(CN(C)c2nn3cc(-c4ccc(F)cc4)nc3s2)cc1OC. The molecule has 2 aromatic heterocycles. The molecule has 0 atom stereocenters. The lowest BCUT2D eigenvalue weighted by molar-refractivity contribution is 0.354. The second-order valence-electron chi connectivity index (χ2n) is 6.73. The predicted molar refractivity (Wildman–Crippen MR) is 113 cm³/mol. The van der Waals surface area contributed by atoms with Crippen molar-refractivity contribution >= 4 is 21.4 Å². The molecular formula is C21H21FN4O2S. The highest BCUT2D eigenvalue weighted by molar-refractivity contribution is 7.20. The number of methoxy groups -OCH3 is 2. The van der Waals surface area contributed by atoms with Crippen LogP contribution >= 0.6 is 11.3 Å². The first-order chi connectivity index (χ1) is 14.0. The molecule has 0 saturated carbocycles. The van der Waals surface area contributed by atoms with Gasteiger partial charge in [-0.2, -0.15) is 0 Å². The summed E-state index contributed by atoms with van der Waals surface area (Å²) in [6.45, 7) is 2.72. The van der Waals surface area contributed by atoms with Crippen LogP contribution < -0.4 is 14.4 Å². The summed E-state index contributed by atoms with van der Waals surface area (Å²) in [5.41, 5.74) is 3.88. The van der Waals surface area contributed by atoms with Gasteiger partial charge in [-0.25, -0.2) is 13.9 Å². The fourth-order valence-corrected chi connectivity index (χ4v) is 3.96. The molecule has 8 heteroatoms. The summed E-state index contributed by atoms with van der Waals surface area (Å²) >= 11 is 1.50. The van der Waals surface area contributed by atoms with Gasteiger partial charge in [0, 0.05) is 19.2 Å². The van der Waals surface area contributed by atoms with E-state index in [1.807, 2.05) is 25.4 Å². The van der Waals surface area contributed by atoms with Crippen molar-refractivity contribution in [3.8, 4) is 22.8 Å². The van der Waals surface area contributed by atoms with Gasteiger partial charge in [0.1, 0.15) is 5.82 Å². The molecule has 0 radical (unpaired) electrons. The molecule has 150 valence electrons. The molecule has 0 bridgehead atoms. The number of ether oxygens (including phenoxy) is 2. The number of imidazole rings is 1. The van der Waals surface area contributed by atoms with Crippen LogP contribution in [0.1, 0.15) is 11.1 Å². The van der Waals surface area contributed by atoms with Crippen LogP contribution in [0, 0.1) is 12.7 Å². The van der Waals surface area contributed by atoms with Gasteiger partial charge in [-0.3, -0.25) is 0 Å². The van der Waals surface area contributed by atoms with Crippen molar-refractivity contribution in [3.05, 3.63) is 59.5 Å². The number of halogens is 1. The fourth-order valence-electron chi connectivity index (χ4n) is 3.12. The van der Waals surface area contributed by atoms with Crippen LogP contribution in [-0.2, 0) is 6.54 Å². The van der Waals surface area contributed by atoms with Crippen molar-refractivity contribution in [2.45, 2.75) is 13.5 Å². The van der Waals surface area contributed by atoms with Gasteiger partial charge in [-0.05, 0) is 54.4 Å². The zero-order chi connectivity index (χ0) is 20.5. The summed E-state index contributed by atoms with van der Waals surface area (Å²) in [6, 6.07) is 10.3. The van der Waals surface area contributed by atoms with E-state index in [0.29, 0.717) is 12.3 Å². The van der Waals surface area contributed by atoms with Gasteiger partial charge in [-0.15, -0.1) is 5.10 Å². The minimum Gasteiger partial charge on any atom is -0.493 e. The maximum atomic E-state index is 13.1. The molecular weight excluding hydrogens is 391 g/mol. The molecule has 0 N–H and O–H groups in total. The van der Waals surface area contributed by atoms with E-state index in [4.69, 9.17) is 9.47 Å². The summed E-state index contributed by atoms with van der Waals surface area (Å²) in [5.74, 6) is 1.17. The van der Waals surface area contributed by atoms with Crippen molar-refractivity contribution in [1.82, 2.24) is 14.6 Å². The van der Waals surface area contributed by atoms with Crippen LogP contribution in [0.4, 0.5) is 9.52 Å². The average molecular weight is 412 g/mol. The van der Waals surface area contributed by atoms with Crippen molar-refractivity contribution in [3.63, 3.8) is 0 Å². The van der Waals surface area contributed by atoms with Crippen LogP contribution in [0.5, 0.6) is 11.5 Å². The highest BCUT2D eigenvalue weighted by Gasteiger charge is 2.15. The standard InChI is InChI=1S/C21H21FN4O2S/c1-13-9-18(27-3)19(28-4)10-15(13)11-25(2)21-24-26-12-17(23-20(26)29-21)14-5-7-16(22)8-6-14/h5-10,12H,11H2,1-4H3. The zero-order valence-corrected chi connectivity index (χ0v) is 17.5. The van der Waals surface area contributed by atoms with Crippen molar-refractivity contribution in [2.75, 3.05) is 26.2 Å². The molecule has 6 nitrogen and oxygen atoms in total. The molecule has 0 saturated heterocycles. The predicted octanol–water partition coefficient (Wildman–Crippen LogP) is 4.56. The van der Waals surface area contributed by atoms with Gasteiger partial charge in [0.2, 0.25) is 10.1 Å². The van der Waals surface area contributed by atoms with Crippen molar-refractivity contribution < 1.29 is 13.9 Å². The average Bonchev–Trinajstić information content (AvgIpc) is 3.29. The first-order valence-corrected chi connectivity index (χ1v) is 9.85. The van der Waals surface area contributed by atoms with Crippen LogP contribution in [0.15, 0.2) is 42.6 Å². The zero-order valence-electron chi connectivity index (χ0n) is 16.6. The number of benzene rings is 2. The molecule has 2 heterocycles.